The molecular formula is C12H12N2O5. The number of aliphatic hydroxyl groups is 1. The Morgan fingerprint density at radius 1 is 1.42 bits per heavy atom. The van der Waals surface area contributed by atoms with Crippen LogP contribution in [0, 0.1) is 0 Å². The van der Waals surface area contributed by atoms with Gasteiger partial charge in [-0.2, -0.15) is 0 Å². The third kappa shape index (κ3) is 2.71. The SMILES string of the molecule is O=C1Cc2cc(C(=O)N[C@H](CO)C(=O)O)ccc2N1. The van der Waals surface area contributed by atoms with Crippen LogP contribution in [0.2, 0.25) is 0 Å². The minimum Gasteiger partial charge on any atom is -0.480 e. The van der Waals surface area contributed by atoms with Crippen LogP contribution in [0.5, 0.6) is 0 Å². The Balaban J connectivity index is 2.15. The summed E-state index contributed by atoms with van der Waals surface area (Å²) in [7, 11) is 0. The van der Waals surface area contributed by atoms with Crippen molar-refractivity contribution in [1.29, 1.82) is 0 Å². The molecule has 19 heavy (non-hydrogen) atoms. The maximum absolute atomic E-state index is 11.8. The predicted octanol–water partition coefficient (Wildman–Crippen LogP) is -0.643. The van der Waals surface area contributed by atoms with Crippen LogP contribution in [-0.4, -0.2) is 40.6 Å². The zero-order valence-corrected chi connectivity index (χ0v) is 9.84. The first kappa shape index (κ1) is 13.0. The second-order valence-corrected chi connectivity index (χ2v) is 4.14. The van der Waals surface area contributed by atoms with Crippen molar-refractivity contribution in [1.82, 2.24) is 5.32 Å². The number of rotatable bonds is 4. The highest BCUT2D eigenvalue weighted by Crippen LogP contribution is 2.23. The van der Waals surface area contributed by atoms with Crippen molar-refractivity contribution >= 4 is 23.5 Å². The molecule has 1 aromatic rings. The van der Waals surface area contributed by atoms with Crippen LogP contribution >= 0.6 is 0 Å². The van der Waals surface area contributed by atoms with Gasteiger partial charge < -0.3 is 20.8 Å². The molecule has 0 aliphatic carbocycles. The molecule has 0 radical (unpaired) electrons. The van der Waals surface area contributed by atoms with Gasteiger partial charge in [-0.1, -0.05) is 0 Å². The number of aliphatic carboxylic acids is 1. The Bertz CT molecular complexity index is 555. The molecule has 0 unspecified atom stereocenters. The fourth-order valence-corrected chi connectivity index (χ4v) is 1.80. The van der Waals surface area contributed by atoms with E-state index in [2.05, 4.69) is 10.6 Å². The number of carboxylic acids is 1. The van der Waals surface area contributed by atoms with Gasteiger partial charge in [0.15, 0.2) is 6.04 Å². The summed E-state index contributed by atoms with van der Waals surface area (Å²) in [6.45, 7) is -0.688. The van der Waals surface area contributed by atoms with Gasteiger partial charge in [-0.25, -0.2) is 4.79 Å². The maximum Gasteiger partial charge on any atom is 0.328 e. The molecule has 0 saturated heterocycles. The highest BCUT2D eigenvalue weighted by atomic mass is 16.4. The number of amides is 2. The average Bonchev–Trinajstić information content (AvgIpc) is 2.74. The normalized spacial score (nSPS) is 14.5. The van der Waals surface area contributed by atoms with Gasteiger partial charge in [0.1, 0.15) is 0 Å². The van der Waals surface area contributed by atoms with Gasteiger partial charge >= 0.3 is 5.97 Å². The molecule has 7 nitrogen and oxygen atoms in total. The van der Waals surface area contributed by atoms with Crippen molar-refractivity contribution in [3.63, 3.8) is 0 Å². The Labute approximate surface area is 108 Å². The molecule has 1 aliphatic rings. The van der Waals surface area contributed by atoms with Crippen LogP contribution in [0.3, 0.4) is 0 Å². The quantitative estimate of drug-likeness (QED) is 0.577. The Hall–Kier alpha value is -2.41. The molecule has 2 rings (SSSR count). The number of fused-ring (bicyclic) bond motifs is 1. The van der Waals surface area contributed by atoms with Gasteiger partial charge in [0, 0.05) is 11.3 Å². The highest BCUT2D eigenvalue weighted by molar-refractivity contribution is 6.02. The van der Waals surface area contributed by atoms with Crippen LogP contribution in [0.25, 0.3) is 0 Å². The summed E-state index contributed by atoms with van der Waals surface area (Å²) in [6, 6.07) is 3.25. The Kier molecular flexibility index (Phi) is 3.48. The predicted molar refractivity (Wildman–Crippen MR) is 64.8 cm³/mol. The number of hydrogen-bond acceptors (Lipinski definition) is 4. The summed E-state index contributed by atoms with van der Waals surface area (Å²) >= 11 is 0. The van der Waals surface area contributed by atoms with E-state index in [1.807, 2.05) is 0 Å². The first-order chi connectivity index (χ1) is 9.01. The maximum atomic E-state index is 11.8. The number of carboxylic acid groups (broad SMARTS) is 1. The van der Waals surface area contributed by atoms with Gasteiger partial charge in [0.05, 0.1) is 13.0 Å². The fraction of sp³-hybridized carbons (Fsp3) is 0.250. The van der Waals surface area contributed by atoms with E-state index in [9.17, 15) is 14.4 Å². The molecule has 4 N–H and O–H groups in total. The van der Waals surface area contributed by atoms with Crippen LogP contribution < -0.4 is 10.6 Å². The summed E-state index contributed by atoms with van der Waals surface area (Å²) in [6.07, 6.45) is 0.193. The van der Waals surface area contributed by atoms with Crippen molar-refractivity contribution < 1.29 is 24.6 Å². The highest BCUT2D eigenvalue weighted by Gasteiger charge is 2.22. The molecule has 100 valence electrons. The second kappa shape index (κ2) is 5.07. The molecule has 2 amide bonds. The first-order valence-corrected chi connectivity index (χ1v) is 5.58. The van der Waals surface area contributed by atoms with Crippen LogP contribution in [0.1, 0.15) is 15.9 Å². The van der Waals surface area contributed by atoms with Crippen molar-refractivity contribution in [2.45, 2.75) is 12.5 Å². The van der Waals surface area contributed by atoms with Gasteiger partial charge in [-0.05, 0) is 23.8 Å². The molecule has 1 aromatic carbocycles. The average molecular weight is 264 g/mol. The molecule has 1 aliphatic heterocycles. The van der Waals surface area contributed by atoms with Crippen LogP contribution in [0.15, 0.2) is 18.2 Å². The number of carbonyl (C=O) groups excluding carboxylic acids is 2. The molecule has 0 bridgehead atoms. The molecule has 1 heterocycles. The van der Waals surface area contributed by atoms with E-state index >= 15 is 0 Å². The van der Waals surface area contributed by atoms with E-state index in [1.54, 1.807) is 6.07 Å². The largest absolute Gasteiger partial charge is 0.480 e. The molecule has 0 fully saturated rings. The third-order valence-electron chi connectivity index (χ3n) is 2.78. The standard InChI is InChI=1S/C12H12N2O5/c15-5-9(12(18)19)14-11(17)6-1-2-8-7(3-6)4-10(16)13-8/h1-3,9,15H,4-5H2,(H,13,16)(H,14,17)(H,18,19)/t9-/m1/s1. The molecule has 0 aromatic heterocycles. The summed E-state index contributed by atoms with van der Waals surface area (Å²) in [5, 5.41) is 22.4. The third-order valence-corrected chi connectivity index (χ3v) is 2.78. The van der Waals surface area contributed by atoms with Crippen LogP contribution in [0.4, 0.5) is 5.69 Å². The lowest BCUT2D eigenvalue weighted by Crippen LogP contribution is -2.43. The number of aliphatic hydroxyl groups excluding tert-OH is 1. The topological polar surface area (TPSA) is 116 Å². The molecule has 1 atom stereocenters. The summed E-state index contributed by atoms with van der Waals surface area (Å²) < 4.78 is 0. The monoisotopic (exact) mass is 264 g/mol. The van der Waals surface area contributed by atoms with E-state index < -0.39 is 24.5 Å². The first-order valence-electron chi connectivity index (χ1n) is 5.58. The number of benzene rings is 1. The Morgan fingerprint density at radius 3 is 2.79 bits per heavy atom. The smallest absolute Gasteiger partial charge is 0.328 e. The van der Waals surface area contributed by atoms with E-state index in [0.717, 1.165) is 0 Å². The molecule has 0 saturated carbocycles. The van der Waals surface area contributed by atoms with E-state index in [1.165, 1.54) is 12.1 Å². The lowest BCUT2D eigenvalue weighted by molar-refractivity contribution is -0.140. The molecule has 0 spiro atoms. The lowest BCUT2D eigenvalue weighted by atomic mass is 10.1. The van der Waals surface area contributed by atoms with Crippen molar-refractivity contribution in [2.75, 3.05) is 11.9 Å². The van der Waals surface area contributed by atoms with E-state index in [4.69, 9.17) is 10.2 Å². The van der Waals surface area contributed by atoms with Gasteiger partial charge in [0.25, 0.3) is 5.91 Å². The van der Waals surface area contributed by atoms with Crippen molar-refractivity contribution in [3.05, 3.63) is 29.3 Å². The number of anilines is 1. The van der Waals surface area contributed by atoms with E-state index in [0.29, 0.717) is 11.3 Å². The lowest BCUT2D eigenvalue weighted by Gasteiger charge is -2.12. The van der Waals surface area contributed by atoms with Gasteiger partial charge in [-0.3, -0.25) is 9.59 Å². The zero-order valence-electron chi connectivity index (χ0n) is 9.84. The fourth-order valence-electron chi connectivity index (χ4n) is 1.80. The number of hydrogen-bond donors (Lipinski definition) is 4. The summed E-state index contributed by atoms with van der Waals surface area (Å²) in [4.78, 5) is 33.7. The zero-order chi connectivity index (χ0) is 14.0. The Morgan fingerprint density at radius 2 is 2.16 bits per heavy atom. The minimum absolute atomic E-state index is 0.147. The molecule has 7 heteroatoms. The summed E-state index contributed by atoms with van der Waals surface area (Å²) in [5.74, 6) is -2.07. The number of nitrogens with one attached hydrogen (secondary N) is 2. The number of carbonyl (C=O) groups is 3. The van der Waals surface area contributed by atoms with Crippen LogP contribution in [-0.2, 0) is 16.0 Å². The minimum atomic E-state index is -1.35. The van der Waals surface area contributed by atoms with Crippen molar-refractivity contribution in [2.24, 2.45) is 0 Å². The second-order valence-electron chi connectivity index (χ2n) is 4.14. The van der Waals surface area contributed by atoms with E-state index in [-0.39, 0.29) is 17.9 Å². The van der Waals surface area contributed by atoms with Gasteiger partial charge in [-0.15, -0.1) is 0 Å². The summed E-state index contributed by atoms with van der Waals surface area (Å²) in [5.41, 5.74) is 1.59. The van der Waals surface area contributed by atoms with Crippen molar-refractivity contribution in [3.8, 4) is 0 Å². The van der Waals surface area contributed by atoms with Gasteiger partial charge in [0.2, 0.25) is 5.91 Å². The molecular weight excluding hydrogens is 252 g/mol.